The maximum absolute atomic E-state index is 10.8. The van der Waals surface area contributed by atoms with Gasteiger partial charge in [0.05, 0.1) is 0 Å². The monoisotopic (exact) mass is 155 g/mol. The Bertz CT molecular complexity index is 234. The third-order valence-electron chi connectivity index (χ3n) is 1.67. The zero-order valence-corrected chi connectivity index (χ0v) is 6.13. The summed E-state index contributed by atoms with van der Waals surface area (Å²) in [5.74, 6) is -1.16. The molecule has 0 aromatic heterocycles. The molecule has 0 aliphatic carbocycles. The van der Waals surface area contributed by atoms with Crippen LogP contribution in [0.5, 0.6) is 0 Å². The summed E-state index contributed by atoms with van der Waals surface area (Å²) in [5.41, 5.74) is -1.12. The van der Waals surface area contributed by atoms with Crippen LogP contribution in [0.25, 0.3) is 0 Å². The van der Waals surface area contributed by atoms with Gasteiger partial charge in [-0.1, -0.05) is 0 Å². The van der Waals surface area contributed by atoms with Gasteiger partial charge < -0.3 is 10.4 Å². The number of carboxylic acid groups (broad SMARTS) is 1. The second-order valence-corrected chi connectivity index (χ2v) is 2.76. The second kappa shape index (κ2) is 2.38. The molecule has 1 heterocycles. The van der Waals surface area contributed by atoms with Crippen molar-refractivity contribution in [2.24, 2.45) is 0 Å². The minimum atomic E-state index is -1.12. The largest absolute Gasteiger partial charge is 0.480 e. The predicted octanol–water partition coefficient (Wildman–Crippen LogP) is -0.0942. The van der Waals surface area contributed by atoms with Crippen molar-refractivity contribution in [3.05, 3.63) is 12.3 Å². The van der Waals surface area contributed by atoms with E-state index in [9.17, 15) is 9.59 Å². The molecular formula is C7H9NO3. The van der Waals surface area contributed by atoms with Crippen molar-refractivity contribution in [1.82, 2.24) is 5.32 Å². The normalized spacial score (nSPS) is 29.7. The standard InChI is InChI=1S/C7H9NO3/c1-7(6(10)11)4-5(9)2-3-8-7/h2-3,8H,4H2,1H3,(H,10,11). The molecule has 0 aromatic carbocycles. The highest BCUT2D eigenvalue weighted by Gasteiger charge is 2.35. The Kier molecular flexibility index (Phi) is 1.68. The summed E-state index contributed by atoms with van der Waals surface area (Å²) < 4.78 is 0. The number of allylic oxidation sites excluding steroid dienone is 1. The predicted molar refractivity (Wildman–Crippen MR) is 37.9 cm³/mol. The van der Waals surface area contributed by atoms with E-state index in [4.69, 9.17) is 5.11 Å². The Balaban J connectivity index is 2.83. The van der Waals surface area contributed by atoms with Gasteiger partial charge in [0.25, 0.3) is 0 Å². The summed E-state index contributed by atoms with van der Waals surface area (Å²) in [6.07, 6.45) is 2.73. The lowest BCUT2D eigenvalue weighted by atomic mass is 9.93. The number of hydrogen-bond donors (Lipinski definition) is 2. The van der Waals surface area contributed by atoms with E-state index in [2.05, 4.69) is 5.32 Å². The van der Waals surface area contributed by atoms with Gasteiger partial charge in [0, 0.05) is 12.6 Å². The summed E-state index contributed by atoms with van der Waals surface area (Å²) in [6.45, 7) is 1.48. The summed E-state index contributed by atoms with van der Waals surface area (Å²) >= 11 is 0. The number of carbonyl (C=O) groups is 2. The van der Waals surface area contributed by atoms with Crippen molar-refractivity contribution < 1.29 is 14.7 Å². The molecule has 11 heavy (non-hydrogen) atoms. The van der Waals surface area contributed by atoms with Gasteiger partial charge in [-0.2, -0.15) is 0 Å². The minimum Gasteiger partial charge on any atom is -0.480 e. The van der Waals surface area contributed by atoms with Crippen LogP contribution in [0.1, 0.15) is 13.3 Å². The van der Waals surface area contributed by atoms with E-state index in [1.165, 1.54) is 19.2 Å². The van der Waals surface area contributed by atoms with Gasteiger partial charge in [-0.05, 0) is 13.0 Å². The fourth-order valence-corrected chi connectivity index (χ4v) is 0.914. The van der Waals surface area contributed by atoms with Gasteiger partial charge >= 0.3 is 5.97 Å². The molecule has 1 aliphatic heterocycles. The SMILES string of the molecule is CC1(C(=O)O)CC(=O)C=CN1. The molecule has 0 spiro atoms. The van der Waals surface area contributed by atoms with Crippen LogP contribution >= 0.6 is 0 Å². The van der Waals surface area contributed by atoms with Crippen LogP contribution in [-0.2, 0) is 9.59 Å². The molecule has 2 N–H and O–H groups in total. The van der Waals surface area contributed by atoms with Gasteiger partial charge in [0.1, 0.15) is 5.54 Å². The molecule has 0 saturated heterocycles. The van der Waals surface area contributed by atoms with Crippen LogP contribution in [0, 0.1) is 0 Å². The number of ketones is 1. The number of hydrogen-bond acceptors (Lipinski definition) is 3. The first-order chi connectivity index (χ1) is 5.04. The van der Waals surface area contributed by atoms with Crippen molar-refractivity contribution in [3.8, 4) is 0 Å². The lowest BCUT2D eigenvalue weighted by Gasteiger charge is -2.26. The highest BCUT2D eigenvalue weighted by molar-refractivity contribution is 5.96. The molecule has 4 nitrogen and oxygen atoms in total. The lowest BCUT2D eigenvalue weighted by Crippen LogP contribution is -2.50. The van der Waals surface area contributed by atoms with Gasteiger partial charge in [0.2, 0.25) is 0 Å². The average molecular weight is 155 g/mol. The molecule has 1 aliphatic rings. The van der Waals surface area contributed by atoms with Gasteiger partial charge in [-0.15, -0.1) is 0 Å². The van der Waals surface area contributed by atoms with Crippen LogP contribution in [0.4, 0.5) is 0 Å². The van der Waals surface area contributed by atoms with Crippen LogP contribution < -0.4 is 5.32 Å². The van der Waals surface area contributed by atoms with Crippen molar-refractivity contribution >= 4 is 11.8 Å². The smallest absolute Gasteiger partial charge is 0.329 e. The maximum atomic E-state index is 10.8. The third-order valence-corrected chi connectivity index (χ3v) is 1.67. The third kappa shape index (κ3) is 1.39. The molecule has 0 bridgehead atoms. The van der Waals surface area contributed by atoms with E-state index in [1.54, 1.807) is 0 Å². The molecule has 4 heteroatoms. The van der Waals surface area contributed by atoms with E-state index in [-0.39, 0.29) is 12.2 Å². The van der Waals surface area contributed by atoms with Crippen molar-refractivity contribution in [2.45, 2.75) is 18.9 Å². The van der Waals surface area contributed by atoms with E-state index in [0.29, 0.717) is 0 Å². The van der Waals surface area contributed by atoms with Gasteiger partial charge in [0.15, 0.2) is 5.78 Å². The molecule has 1 unspecified atom stereocenters. The Labute approximate surface area is 63.9 Å². The van der Waals surface area contributed by atoms with Crippen molar-refractivity contribution in [1.29, 1.82) is 0 Å². The first-order valence-corrected chi connectivity index (χ1v) is 3.25. The number of nitrogens with one attached hydrogen (secondary N) is 1. The van der Waals surface area contributed by atoms with Crippen LogP contribution in [0.15, 0.2) is 12.3 Å². The summed E-state index contributed by atoms with van der Waals surface area (Å²) in [4.78, 5) is 21.4. The Hall–Kier alpha value is -1.32. The maximum Gasteiger partial charge on any atom is 0.329 e. The first-order valence-electron chi connectivity index (χ1n) is 3.25. The van der Waals surface area contributed by atoms with Gasteiger partial charge in [-0.25, -0.2) is 4.79 Å². The number of rotatable bonds is 1. The number of carbonyl (C=O) groups excluding carboxylic acids is 1. The fourth-order valence-electron chi connectivity index (χ4n) is 0.914. The Morgan fingerprint density at radius 2 is 2.45 bits per heavy atom. The topological polar surface area (TPSA) is 66.4 Å². The second-order valence-electron chi connectivity index (χ2n) is 2.76. The molecule has 0 radical (unpaired) electrons. The Morgan fingerprint density at radius 1 is 1.82 bits per heavy atom. The molecule has 0 aromatic rings. The molecule has 0 saturated carbocycles. The van der Waals surface area contributed by atoms with Crippen LogP contribution in [0.2, 0.25) is 0 Å². The van der Waals surface area contributed by atoms with Crippen molar-refractivity contribution in [2.75, 3.05) is 0 Å². The number of aliphatic carboxylic acids is 1. The van der Waals surface area contributed by atoms with E-state index < -0.39 is 11.5 Å². The highest BCUT2D eigenvalue weighted by atomic mass is 16.4. The minimum absolute atomic E-state index is 0.0127. The molecule has 0 fully saturated rings. The summed E-state index contributed by atoms with van der Waals surface area (Å²) in [7, 11) is 0. The lowest BCUT2D eigenvalue weighted by molar-refractivity contribution is -0.145. The van der Waals surface area contributed by atoms with E-state index in [1.807, 2.05) is 0 Å². The molecule has 1 atom stereocenters. The molecule has 60 valence electrons. The summed E-state index contributed by atoms with van der Waals surface area (Å²) in [5, 5.41) is 11.3. The zero-order chi connectivity index (χ0) is 8.48. The highest BCUT2D eigenvalue weighted by Crippen LogP contribution is 2.14. The van der Waals surface area contributed by atoms with E-state index >= 15 is 0 Å². The molecule has 1 rings (SSSR count). The quantitative estimate of drug-likeness (QED) is 0.555. The number of carboxylic acids is 1. The van der Waals surface area contributed by atoms with Gasteiger partial charge in [-0.3, -0.25) is 4.79 Å². The molecular weight excluding hydrogens is 146 g/mol. The zero-order valence-electron chi connectivity index (χ0n) is 6.13. The van der Waals surface area contributed by atoms with E-state index in [0.717, 1.165) is 0 Å². The molecule has 0 amide bonds. The fraction of sp³-hybridized carbons (Fsp3) is 0.429. The van der Waals surface area contributed by atoms with Crippen molar-refractivity contribution in [3.63, 3.8) is 0 Å². The average Bonchev–Trinajstić information content (AvgIpc) is 1.86. The summed E-state index contributed by atoms with van der Waals surface area (Å²) in [6, 6.07) is 0. The first kappa shape index (κ1) is 7.78. The van der Waals surface area contributed by atoms with Crippen LogP contribution in [-0.4, -0.2) is 22.4 Å². The Morgan fingerprint density at radius 3 is 2.82 bits per heavy atom. The van der Waals surface area contributed by atoms with Crippen LogP contribution in [0.3, 0.4) is 0 Å².